The minimum Gasteiger partial charge on any atom is -0.481 e. The molecule has 1 aromatic rings. The van der Waals surface area contributed by atoms with E-state index < -0.39 is 5.97 Å². The Balaban J connectivity index is 1.65. The Morgan fingerprint density at radius 1 is 1.26 bits per heavy atom. The van der Waals surface area contributed by atoms with Crippen molar-refractivity contribution >= 4 is 5.97 Å². The molecule has 102 valence electrons. The van der Waals surface area contributed by atoms with Gasteiger partial charge in [0.05, 0.1) is 5.92 Å². The van der Waals surface area contributed by atoms with Crippen molar-refractivity contribution < 1.29 is 14.3 Å². The second-order valence-electron chi connectivity index (χ2n) is 5.73. The molecule has 2 bridgehead atoms. The van der Waals surface area contributed by atoms with Crippen molar-refractivity contribution in [2.45, 2.75) is 31.8 Å². The van der Waals surface area contributed by atoms with Gasteiger partial charge in [0.1, 0.15) is 5.82 Å². The number of benzene rings is 1. The van der Waals surface area contributed by atoms with Gasteiger partial charge in [-0.25, -0.2) is 4.39 Å². The maximum Gasteiger partial charge on any atom is 0.308 e. The summed E-state index contributed by atoms with van der Waals surface area (Å²) in [6.07, 6.45) is 3.23. The van der Waals surface area contributed by atoms with Crippen LogP contribution in [0.15, 0.2) is 24.3 Å². The van der Waals surface area contributed by atoms with Crippen molar-refractivity contribution in [1.82, 2.24) is 5.32 Å². The Labute approximate surface area is 111 Å². The summed E-state index contributed by atoms with van der Waals surface area (Å²) >= 11 is 0. The molecule has 0 radical (unpaired) electrons. The molecule has 0 unspecified atom stereocenters. The van der Waals surface area contributed by atoms with E-state index >= 15 is 0 Å². The van der Waals surface area contributed by atoms with Crippen LogP contribution in [-0.2, 0) is 11.3 Å². The van der Waals surface area contributed by atoms with Crippen LogP contribution in [0.5, 0.6) is 0 Å². The van der Waals surface area contributed by atoms with Crippen LogP contribution in [0, 0.1) is 23.6 Å². The van der Waals surface area contributed by atoms with Crippen LogP contribution < -0.4 is 5.32 Å². The second-order valence-corrected chi connectivity index (χ2v) is 5.73. The predicted molar refractivity (Wildman–Crippen MR) is 69.0 cm³/mol. The maximum absolute atomic E-state index is 12.8. The summed E-state index contributed by atoms with van der Waals surface area (Å²) in [6.45, 7) is 0.609. The Morgan fingerprint density at radius 2 is 1.95 bits per heavy atom. The van der Waals surface area contributed by atoms with Crippen LogP contribution in [0.2, 0.25) is 0 Å². The number of carboxylic acid groups (broad SMARTS) is 1. The Kier molecular flexibility index (Phi) is 3.27. The molecule has 2 aliphatic rings. The highest BCUT2D eigenvalue weighted by Crippen LogP contribution is 2.48. The minimum absolute atomic E-state index is 0.0707. The van der Waals surface area contributed by atoms with Gasteiger partial charge in [0.2, 0.25) is 0 Å². The number of hydrogen-bond donors (Lipinski definition) is 2. The van der Waals surface area contributed by atoms with Crippen molar-refractivity contribution in [1.29, 1.82) is 0 Å². The van der Waals surface area contributed by atoms with Gasteiger partial charge in [0.25, 0.3) is 0 Å². The van der Waals surface area contributed by atoms with Crippen LogP contribution in [0.4, 0.5) is 4.39 Å². The van der Waals surface area contributed by atoms with E-state index in [2.05, 4.69) is 5.32 Å². The largest absolute Gasteiger partial charge is 0.481 e. The molecule has 0 heterocycles. The van der Waals surface area contributed by atoms with Crippen LogP contribution in [0.3, 0.4) is 0 Å². The molecular formula is C15H18FNO2. The van der Waals surface area contributed by atoms with Crippen LogP contribution in [0.25, 0.3) is 0 Å². The van der Waals surface area contributed by atoms with Gasteiger partial charge in [-0.05, 0) is 48.8 Å². The Morgan fingerprint density at radius 3 is 2.63 bits per heavy atom. The number of carbonyl (C=O) groups is 1. The fourth-order valence-corrected chi connectivity index (χ4v) is 3.78. The van der Waals surface area contributed by atoms with Gasteiger partial charge in [-0.15, -0.1) is 0 Å². The molecule has 3 rings (SSSR count). The van der Waals surface area contributed by atoms with Crippen molar-refractivity contribution in [3.8, 4) is 0 Å². The van der Waals surface area contributed by atoms with Crippen molar-refractivity contribution in [3.05, 3.63) is 35.6 Å². The Hall–Kier alpha value is -1.42. The first-order chi connectivity index (χ1) is 9.15. The molecular weight excluding hydrogens is 245 g/mol. The number of nitrogens with one attached hydrogen (secondary N) is 1. The van der Waals surface area contributed by atoms with Crippen LogP contribution in [-0.4, -0.2) is 17.1 Å². The van der Waals surface area contributed by atoms with E-state index in [-0.39, 0.29) is 17.8 Å². The second kappa shape index (κ2) is 4.93. The summed E-state index contributed by atoms with van der Waals surface area (Å²) in [6, 6.07) is 6.43. The number of aliphatic carboxylic acids is 1. The number of hydrogen-bond acceptors (Lipinski definition) is 2. The summed E-state index contributed by atoms with van der Waals surface area (Å²) in [5.74, 6) is -0.338. The lowest BCUT2D eigenvalue weighted by Crippen LogP contribution is -2.43. The average Bonchev–Trinajstić information content (AvgIpc) is 2.98. The first kappa shape index (κ1) is 12.6. The molecule has 2 N–H and O–H groups in total. The van der Waals surface area contributed by atoms with E-state index in [1.54, 1.807) is 12.1 Å². The zero-order valence-electron chi connectivity index (χ0n) is 10.7. The van der Waals surface area contributed by atoms with Crippen molar-refractivity contribution in [2.75, 3.05) is 0 Å². The number of fused-ring (bicyclic) bond motifs is 2. The number of carboxylic acids is 1. The summed E-state index contributed by atoms with van der Waals surface area (Å²) < 4.78 is 12.8. The fraction of sp³-hybridized carbons (Fsp3) is 0.533. The van der Waals surface area contributed by atoms with Crippen LogP contribution in [0.1, 0.15) is 24.8 Å². The normalized spacial score (nSPS) is 32.7. The zero-order valence-corrected chi connectivity index (χ0v) is 10.7. The molecule has 3 nitrogen and oxygen atoms in total. The molecule has 0 aliphatic heterocycles. The first-order valence-electron chi connectivity index (χ1n) is 6.86. The lowest BCUT2D eigenvalue weighted by atomic mass is 9.84. The van der Waals surface area contributed by atoms with Crippen LogP contribution >= 0.6 is 0 Å². The highest BCUT2D eigenvalue weighted by molar-refractivity contribution is 5.72. The highest BCUT2D eigenvalue weighted by Gasteiger charge is 2.50. The summed E-state index contributed by atoms with van der Waals surface area (Å²) in [7, 11) is 0. The zero-order chi connectivity index (χ0) is 13.4. The monoisotopic (exact) mass is 263 g/mol. The van der Waals surface area contributed by atoms with Crippen molar-refractivity contribution in [2.24, 2.45) is 17.8 Å². The van der Waals surface area contributed by atoms with Gasteiger partial charge in [-0.1, -0.05) is 12.1 Å². The third-order valence-electron chi connectivity index (χ3n) is 4.66. The summed E-state index contributed by atoms with van der Waals surface area (Å²) in [5, 5.41) is 12.7. The van der Waals surface area contributed by atoms with E-state index in [1.165, 1.54) is 12.1 Å². The molecule has 19 heavy (non-hydrogen) atoms. The lowest BCUT2D eigenvalue weighted by Gasteiger charge is -2.29. The molecule has 0 amide bonds. The molecule has 0 spiro atoms. The topological polar surface area (TPSA) is 49.3 Å². The van der Waals surface area contributed by atoms with Gasteiger partial charge in [-0.2, -0.15) is 0 Å². The summed E-state index contributed by atoms with van der Waals surface area (Å²) in [5.41, 5.74) is 0.994. The minimum atomic E-state index is -0.677. The molecule has 0 aromatic heterocycles. The first-order valence-corrected chi connectivity index (χ1v) is 6.86. The van der Waals surface area contributed by atoms with Gasteiger partial charge >= 0.3 is 5.97 Å². The predicted octanol–water partition coefficient (Wildman–Crippen LogP) is 2.41. The molecule has 2 saturated carbocycles. The highest BCUT2D eigenvalue weighted by atomic mass is 19.1. The number of rotatable bonds is 4. The maximum atomic E-state index is 12.8. The third kappa shape index (κ3) is 2.37. The SMILES string of the molecule is O=C(O)[C@@H]1[C@H]2CC[C@H](C2)[C@@H]1NCc1ccc(F)cc1. The molecule has 4 heteroatoms. The van der Waals surface area contributed by atoms with E-state index in [9.17, 15) is 14.3 Å². The van der Waals surface area contributed by atoms with Gasteiger partial charge in [0, 0.05) is 12.6 Å². The van der Waals surface area contributed by atoms with Gasteiger partial charge in [-0.3, -0.25) is 4.79 Å². The molecule has 0 saturated heterocycles. The molecule has 2 aliphatic carbocycles. The Bertz CT molecular complexity index is 474. The smallest absolute Gasteiger partial charge is 0.308 e. The number of halogens is 1. The van der Waals surface area contributed by atoms with E-state index in [0.717, 1.165) is 24.8 Å². The standard InChI is InChI=1S/C15H18FNO2/c16-12-5-1-9(2-6-12)8-17-14-11-4-3-10(7-11)13(14)15(18)19/h1-2,5-6,10-11,13-14,17H,3-4,7-8H2,(H,18,19)/t10-,11+,13+,14-/m0/s1. The van der Waals surface area contributed by atoms with E-state index in [1.807, 2.05) is 0 Å². The average molecular weight is 263 g/mol. The van der Waals surface area contributed by atoms with E-state index in [0.29, 0.717) is 18.4 Å². The molecule has 2 fully saturated rings. The van der Waals surface area contributed by atoms with E-state index in [4.69, 9.17) is 0 Å². The molecule has 4 atom stereocenters. The lowest BCUT2D eigenvalue weighted by molar-refractivity contribution is -0.144. The van der Waals surface area contributed by atoms with Crippen molar-refractivity contribution in [3.63, 3.8) is 0 Å². The third-order valence-corrected chi connectivity index (χ3v) is 4.66. The fourth-order valence-electron chi connectivity index (χ4n) is 3.78. The summed E-state index contributed by atoms with van der Waals surface area (Å²) in [4.78, 5) is 11.4. The van der Waals surface area contributed by atoms with Gasteiger partial charge < -0.3 is 10.4 Å². The quantitative estimate of drug-likeness (QED) is 0.877. The van der Waals surface area contributed by atoms with Gasteiger partial charge in [0.15, 0.2) is 0 Å². The molecule has 1 aromatic carbocycles.